The number of hydrogen-bond acceptors (Lipinski definition) is 4. The zero-order chi connectivity index (χ0) is 32.6. The minimum absolute atomic E-state index is 0.00831. The van der Waals surface area contributed by atoms with E-state index in [9.17, 15) is 22.4 Å². The number of sulfonamides is 1. The van der Waals surface area contributed by atoms with Crippen LogP contribution in [0.25, 0.3) is 0 Å². The normalized spacial score (nSPS) is 12.6. The molecule has 45 heavy (non-hydrogen) atoms. The molecule has 0 saturated heterocycles. The number of amides is 2. The first kappa shape index (κ1) is 33.4. The van der Waals surface area contributed by atoms with E-state index in [0.29, 0.717) is 6.42 Å². The Morgan fingerprint density at radius 2 is 1.47 bits per heavy atom. The molecule has 0 bridgehead atoms. The van der Waals surface area contributed by atoms with Gasteiger partial charge in [0, 0.05) is 19.0 Å². The van der Waals surface area contributed by atoms with Crippen molar-refractivity contribution in [2.75, 3.05) is 10.8 Å². The molecule has 4 aromatic rings. The summed E-state index contributed by atoms with van der Waals surface area (Å²) in [5, 5.41) is 3.03. The monoisotopic (exact) mass is 629 g/mol. The average Bonchev–Trinajstić information content (AvgIpc) is 3.03. The molecule has 4 aromatic carbocycles. The number of carbonyl (C=O) groups excluding carboxylic acids is 2. The van der Waals surface area contributed by atoms with E-state index in [1.165, 1.54) is 29.2 Å². The highest BCUT2D eigenvalue weighted by molar-refractivity contribution is 7.92. The molecule has 0 spiro atoms. The van der Waals surface area contributed by atoms with Crippen LogP contribution in [-0.2, 0) is 32.6 Å². The van der Waals surface area contributed by atoms with Gasteiger partial charge < -0.3 is 10.2 Å². The molecule has 0 radical (unpaired) electrons. The Hall–Kier alpha value is -4.50. The summed E-state index contributed by atoms with van der Waals surface area (Å²) in [6.45, 7) is 7.11. The lowest BCUT2D eigenvalue weighted by atomic mass is 10.0. The predicted molar refractivity (Wildman–Crippen MR) is 176 cm³/mol. The Morgan fingerprint density at radius 3 is 2.09 bits per heavy atom. The molecule has 0 heterocycles. The largest absolute Gasteiger partial charge is 0.352 e. The van der Waals surface area contributed by atoms with Crippen LogP contribution in [-0.4, -0.2) is 43.8 Å². The van der Waals surface area contributed by atoms with Crippen molar-refractivity contribution in [3.8, 4) is 0 Å². The molecule has 1 N–H and O–H groups in total. The summed E-state index contributed by atoms with van der Waals surface area (Å²) in [5.41, 5.74) is 3.62. The quantitative estimate of drug-likeness (QED) is 0.191. The Kier molecular flexibility index (Phi) is 11.1. The summed E-state index contributed by atoms with van der Waals surface area (Å²) < 4.78 is 43.0. The zero-order valence-corrected chi connectivity index (χ0v) is 26.9. The lowest BCUT2D eigenvalue weighted by Crippen LogP contribution is -2.54. The molecule has 0 aliphatic rings. The first-order valence-electron chi connectivity index (χ1n) is 15.0. The Balaban J connectivity index is 1.81. The summed E-state index contributed by atoms with van der Waals surface area (Å²) in [7, 11) is -4.26. The molecule has 0 fully saturated rings. The van der Waals surface area contributed by atoms with E-state index in [2.05, 4.69) is 5.32 Å². The van der Waals surface area contributed by atoms with Crippen molar-refractivity contribution in [1.82, 2.24) is 10.2 Å². The number of benzene rings is 4. The van der Waals surface area contributed by atoms with E-state index in [1.54, 1.807) is 12.1 Å². The van der Waals surface area contributed by atoms with Crippen molar-refractivity contribution >= 4 is 27.5 Å². The van der Waals surface area contributed by atoms with Crippen molar-refractivity contribution in [2.45, 2.75) is 64.1 Å². The third-order valence-electron chi connectivity index (χ3n) is 7.88. The van der Waals surface area contributed by atoms with E-state index in [-0.39, 0.29) is 35.5 Å². The summed E-state index contributed by atoms with van der Waals surface area (Å²) in [5.74, 6) is -1.44. The summed E-state index contributed by atoms with van der Waals surface area (Å²) in [6.07, 6.45) is 0.921. The maximum Gasteiger partial charge on any atom is 0.264 e. The fraction of sp³-hybridized carbons (Fsp3) is 0.278. The minimum atomic E-state index is -4.26. The summed E-state index contributed by atoms with van der Waals surface area (Å²) >= 11 is 0. The number of halogens is 1. The van der Waals surface area contributed by atoms with Gasteiger partial charge in [0.25, 0.3) is 10.0 Å². The first-order valence-corrected chi connectivity index (χ1v) is 16.5. The molecule has 2 atom stereocenters. The SMILES string of the molecule is CCC(C)NC(=O)C(Cc1ccccc1)N(Cc1ccccc1C)C(=O)CN(c1ccc(F)cc1)S(=O)(=O)c1ccc(C)cc1. The number of hydrogen-bond donors (Lipinski definition) is 1. The molecule has 2 amide bonds. The van der Waals surface area contributed by atoms with Gasteiger partial charge in [-0.1, -0.05) is 79.2 Å². The van der Waals surface area contributed by atoms with Crippen LogP contribution in [0.4, 0.5) is 10.1 Å². The molecule has 236 valence electrons. The van der Waals surface area contributed by atoms with Gasteiger partial charge in [-0.15, -0.1) is 0 Å². The molecule has 4 rings (SSSR count). The second kappa shape index (κ2) is 15.0. The highest BCUT2D eigenvalue weighted by atomic mass is 32.2. The van der Waals surface area contributed by atoms with Crippen molar-refractivity contribution in [2.24, 2.45) is 0 Å². The van der Waals surface area contributed by atoms with Gasteiger partial charge in [0.05, 0.1) is 10.6 Å². The van der Waals surface area contributed by atoms with Crippen molar-refractivity contribution in [1.29, 1.82) is 0 Å². The number of anilines is 1. The highest BCUT2D eigenvalue weighted by Crippen LogP contribution is 2.26. The predicted octanol–water partition coefficient (Wildman–Crippen LogP) is 6.19. The fourth-order valence-corrected chi connectivity index (χ4v) is 6.35. The van der Waals surface area contributed by atoms with Crippen LogP contribution in [0, 0.1) is 19.7 Å². The number of nitrogens with one attached hydrogen (secondary N) is 1. The topological polar surface area (TPSA) is 86.8 Å². The van der Waals surface area contributed by atoms with Gasteiger partial charge in [-0.3, -0.25) is 13.9 Å². The lowest BCUT2D eigenvalue weighted by molar-refractivity contribution is -0.140. The highest BCUT2D eigenvalue weighted by Gasteiger charge is 2.35. The van der Waals surface area contributed by atoms with Gasteiger partial charge in [0.1, 0.15) is 18.4 Å². The Morgan fingerprint density at radius 1 is 0.844 bits per heavy atom. The maximum absolute atomic E-state index is 14.5. The summed E-state index contributed by atoms with van der Waals surface area (Å²) in [4.78, 5) is 29.9. The fourth-order valence-electron chi connectivity index (χ4n) is 4.94. The lowest BCUT2D eigenvalue weighted by Gasteiger charge is -2.34. The van der Waals surface area contributed by atoms with Gasteiger partial charge in [-0.05, 0) is 80.3 Å². The molecular formula is C36H40FN3O4S. The molecule has 0 saturated carbocycles. The first-order chi connectivity index (χ1) is 21.5. The second-order valence-corrected chi connectivity index (χ2v) is 13.1. The number of nitrogens with zero attached hydrogens (tertiary/aromatic N) is 2. The maximum atomic E-state index is 14.5. The van der Waals surface area contributed by atoms with Crippen LogP contribution in [0.2, 0.25) is 0 Å². The summed E-state index contributed by atoms with van der Waals surface area (Å²) in [6, 6.07) is 27.2. The molecule has 0 aliphatic heterocycles. The third-order valence-corrected chi connectivity index (χ3v) is 9.66. The minimum Gasteiger partial charge on any atom is -0.352 e. The Bertz CT molecular complexity index is 1690. The van der Waals surface area contributed by atoms with Crippen LogP contribution in [0.3, 0.4) is 0 Å². The standard InChI is InChI=1S/C36H40FN3O4S/c1-5-28(4)38-36(42)34(23-29-12-7-6-8-13-29)39(24-30-14-10-9-11-27(30)3)35(41)25-40(32-19-17-31(37)18-20-32)45(43,44)33-21-15-26(2)16-22-33/h6-22,28,34H,5,23-25H2,1-4H3,(H,38,42). The average molecular weight is 630 g/mol. The second-order valence-electron chi connectivity index (χ2n) is 11.3. The van der Waals surface area contributed by atoms with Crippen molar-refractivity contribution in [3.05, 3.63) is 131 Å². The van der Waals surface area contributed by atoms with Crippen LogP contribution < -0.4 is 9.62 Å². The van der Waals surface area contributed by atoms with Gasteiger partial charge in [-0.25, -0.2) is 12.8 Å². The Labute approximate surface area is 265 Å². The molecular weight excluding hydrogens is 589 g/mol. The number of aryl methyl sites for hydroxylation is 2. The molecule has 7 nitrogen and oxygen atoms in total. The molecule has 9 heteroatoms. The number of carbonyl (C=O) groups is 2. The van der Waals surface area contributed by atoms with Gasteiger partial charge in [-0.2, -0.15) is 0 Å². The molecule has 0 aromatic heterocycles. The zero-order valence-electron chi connectivity index (χ0n) is 26.1. The van der Waals surface area contributed by atoms with Crippen LogP contribution in [0.5, 0.6) is 0 Å². The third kappa shape index (κ3) is 8.57. The van der Waals surface area contributed by atoms with E-state index >= 15 is 0 Å². The van der Waals surface area contributed by atoms with E-state index < -0.39 is 34.3 Å². The van der Waals surface area contributed by atoms with E-state index in [0.717, 1.165) is 38.7 Å². The van der Waals surface area contributed by atoms with Crippen LogP contribution in [0.15, 0.2) is 108 Å². The van der Waals surface area contributed by atoms with E-state index in [1.807, 2.05) is 82.3 Å². The van der Waals surface area contributed by atoms with Gasteiger partial charge >= 0.3 is 0 Å². The van der Waals surface area contributed by atoms with Gasteiger partial charge in [0.15, 0.2) is 0 Å². The van der Waals surface area contributed by atoms with Crippen LogP contribution in [0.1, 0.15) is 42.5 Å². The number of rotatable bonds is 13. The van der Waals surface area contributed by atoms with Crippen LogP contribution >= 0.6 is 0 Å². The molecule has 2 unspecified atom stereocenters. The smallest absolute Gasteiger partial charge is 0.264 e. The molecule has 0 aliphatic carbocycles. The van der Waals surface area contributed by atoms with Crippen molar-refractivity contribution in [3.63, 3.8) is 0 Å². The van der Waals surface area contributed by atoms with E-state index in [4.69, 9.17) is 0 Å². The van der Waals surface area contributed by atoms with Gasteiger partial charge in [0.2, 0.25) is 11.8 Å². The van der Waals surface area contributed by atoms with Crippen molar-refractivity contribution < 1.29 is 22.4 Å².